The van der Waals surface area contributed by atoms with Crippen molar-refractivity contribution in [3.05, 3.63) is 164 Å². The Morgan fingerprint density at radius 3 is 0.960 bits per heavy atom. The van der Waals surface area contributed by atoms with Gasteiger partial charge in [-0.1, -0.05) is 119 Å². The molecule has 0 spiro atoms. The molecule has 0 amide bonds. The third-order valence-electron chi connectivity index (χ3n) is 10.7. The molecule has 6 nitrogen and oxygen atoms in total. The molecule has 3 aliphatic heterocycles. The Morgan fingerprint density at radius 2 is 0.700 bits per heavy atom. The van der Waals surface area contributed by atoms with Gasteiger partial charge in [0.1, 0.15) is 24.7 Å². The van der Waals surface area contributed by atoms with Crippen molar-refractivity contribution >= 4 is 11.9 Å². The number of allylic oxidation sites excluding steroid dienone is 2. The van der Waals surface area contributed by atoms with Gasteiger partial charge in [0.2, 0.25) is 0 Å². The van der Waals surface area contributed by atoms with Gasteiger partial charge in [-0.25, -0.2) is 9.59 Å². The van der Waals surface area contributed by atoms with Gasteiger partial charge in [0.05, 0.1) is 11.1 Å². The Hall–Kier alpha value is -5.10. The molecule has 0 N–H and O–H groups in total. The maximum atomic E-state index is 14.0. The Bertz CT molecular complexity index is 1740. The highest BCUT2D eigenvalue weighted by atomic mass is 16.6. The van der Waals surface area contributed by atoms with Crippen LogP contribution >= 0.6 is 0 Å². The predicted octanol–water partition coefficient (Wildman–Crippen LogP) is 8.83. The SMILES string of the molecule is CC1=C2C(=O)OCCOC(=O)C3=C(C)OC(c4ccc(C)cc4)(c4ccc(C)cc4)C3CCC2C(c2ccc(C)cc2)(c2ccc(C)cc2)O1. The van der Waals surface area contributed by atoms with Gasteiger partial charge in [-0.05, 0) is 54.4 Å². The minimum Gasteiger partial charge on any atom is -0.481 e. The van der Waals surface area contributed by atoms with Crippen LogP contribution in [-0.2, 0) is 39.7 Å². The van der Waals surface area contributed by atoms with E-state index in [9.17, 15) is 9.59 Å². The quantitative estimate of drug-likeness (QED) is 0.203. The topological polar surface area (TPSA) is 71.1 Å². The van der Waals surface area contributed by atoms with E-state index in [2.05, 4.69) is 125 Å². The molecule has 1 fully saturated rings. The van der Waals surface area contributed by atoms with E-state index in [0.717, 1.165) is 44.5 Å². The Morgan fingerprint density at radius 1 is 0.440 bits per heavy atom. The highest BCUT2D eigenvalue weighted by Gasteiger charge is 2.57. The van der Waals surface area contributed by atoms with Crippen molar-refractivity contribution in [3.63, 3.8) is 0 Å². The number of benzene rings is 4. The number of esters is 2. The molecule has 0 radical (unpaired) electrons. The van der Waals surface area contributed by atoms with Gasteiger partial charge in [0.25, 0.3) is 0 Å². The highest BCUT2D eigenvalue weighted by molar-refractivity contribution is 5.92. The van der Waals surface area contributed by atoms with Crippen molar-refractivity contribution in [2.45, 2.75) is 65.6 Å². The number of carbonyl (C=O) groups is 2. The fourth-order valence-electron chi connectivity index (χ4n) is 8.24. The Balaban J connectivity index is 1.44. The number of rotatable bonds is 4. The average Bonchev–Trinajstić information content (AvgIpc) is 3.57. The van der Waals surface area contributed by atoms with E-state index in [1.54, 1.807) is 0 Å². The van der Waals surface area contributed by atoms with Crippen molar-refractivity contribution in [3.8, 4) is 0 Å². The van der Waals surface area contributed by atoms with Gasteiger partial charge < -0.3 is 18.9 Å². The third kappa shape index (κ3) is 5.51. The number of carbonyl (C=O) groups excluding carboxylic acids is 2. The van der Waals surface area contributed by atoms with Gasteiger partial charge in [0.15, 0.2) is 11.2 Å². The van der Waals surface area contributed by atoms with Crippen LogP contribution in [0.5, 0.6) is 0 Å². The zero-order valence-corrected chi connectivity index (χ0v) is 29.7. The maximum Gasteiger partial charge on any atom is 0.338 e. The van der Waals surface area contributed by atoms with Gasteiger partial charge in [-0.3, -0.25) is 0 Å². The molecular formula is C44H44O6. The van der Waals surface area contributed by atoms with Crippen LogP contribution in [0.1, 0.15) is 71.2 Å². The first-order valence-electron chi connectivity index (χ1n) is 17.5. The second-order valence-electron chi connectivity index (χ2n) is 14.0. The second kappa shape index (κ2) is 13.0. The summed E-state index contributed by atoms with van der Waals surface area (Å²) < 4.78 is 25.6. The largest absolute Gasteiger partial charge is 0.481 e. The van der Waals surface area contributed by atoms with Crippen LogP contribution in [0.25, 0.3) is 0 Å². The van der Waals surface area contributed by atoms with E-state index in [1.807, 2.05) is 13.8 Å². The minimum atomic E-state index is -1.01. The molecule has 2 unspecified atom stereocenters. The van der Waals surface area contributed by atoms with Crippen molar-refractivity contribution in [2.24, 2.45) is 11.8 Å². The lowest BCUT2D eigenvalue weighted by Gasteiger charge is -2.40. The maximum absolute atomic E-state index is 14.0. The fraction of sp³-hybridized carbons (Fsp3) is 0.318. The molecule has 0 saturated carbocycles. The van der Waals surface area contributed by atoms with E-state index in [1.165, 1.54) is 0 Å². The van der Waals surface area contributed by atoms with Crippen molar-refractivity contribution < 1.29 is 28.5 Å². The third-order valence-corrected chi connectivity index (χ3v) is 10.7. The van der Waals surface area contributed by atoms with Gasteiger partial charge >= 0.3 is 11.9 Å². The number of ether oxygens (including phenoxy) is 4. The molecule has 256 valence electrons. The first-order valence-corrected chi connectivity index (χ1v) is 17.5. The normalized spacial score (nSPS) is 21.6. The van der Waals surface area contributed by atoms with Crippen molar-refractivity contribution in [1.82, 2.24) is 0 Å². The summed E-state index contributed by atoms with van der Waals surface area (Å²) in [5, 5.41) is 0. The van der Waals surface area contributed by atoms with Crippen LogP contribution in [0.3, 0.4) is 0 Å². The monoisotopic (exact) mass is 668 g/mol. The lowest BCUT2D eigenvalue weighted by atomic mass is 9.67. The molecule has 0 aromatic heterocycles. The van der Waals surface area contributed by atoms with Gasteiger partial charge in [-0.15, -0.1) is 0 Å². The fourth-order valence-corrected chi connectivity index (χ4v) is 8.24. The number of hydrogen-bond acceptors (Lipinski definition) is 6. The number of aryl methyl sites for hydroxylation is 4. The van der Waals surface area contributed by atoms with Crippen molar-refractivity contribution in [2.75, 3.05) is 13.2 Å². The van der Waals surface area contributed by atoms with Gasteiger partial charge in [0, 0.05) is 34.1 Å². The standard InChI is InChI=1S/C44H44O6/c1-27-7-15-33(16-8-27)43(34-17-9-28(2)10-18-34)37-23-24-38-40(42(46)48-26-25-47-41(45)39(37)31(5)49-43)32(6)50-44(38,35-19-11-29(3)12-20-35)36-21-13-30(4)14-22-36/h7-22,37-38H,23-26H2,1-6H3. The molecule has 4 aromatic carbocycles. The molecule has 50 heavy (non-hydrogen) atoms. The summed E-state index contributed by atoms with van der Waals surface area (Å²) in [6.45, 7) is 11.8. The summed E-state index contributed by atoms with van der Waals surface area (Å²) in [7, 11) is 0. The predicted molar refractivity (Wildman–Crippen MR) is 192 cm³/mol. The molecular weight excluding hydrogens is 624 g/mol. The van der Waals surface area contributed by atoms with Crippen LogP contribution in [0, 0.1) is 39.5 Å². The molecule has 0 bridgehead atoms. The van der Waals surface area contributed by atoms with E-state index < -0.39 is 35.0 Å². The molecule has 3 heterocycles. The van der Waals surface area contributed by atoms with E-state index in [4.69, 9.17) is 18.9 Å². The van der Waals surface area contributed by atoms with Gasteiger partial charge in [-0.2, -0.15) is 0 Å². The molecule has 4 aromatic rings. The lowest BCUT2D eigenvalue weighted by Crippen LogP contribution is -2.40. The van der Waals surface area contributed by atoms with Crippen LogP contribution < -0.4 is 0 Å². The Kier molecular flexibility index (Phi) is 8.67. The van der Waals surface area contributed by atoms with E-state index >= 15 is 0 Å². The van der Waals surface area contributed by atoms with Crippen LogP contribution in [0.2, 0.25) is 0 Å². The summed E-state index contributed by atoms with van der Waals surface area (Å²) in [6, 6.07) is 33.5. The number of cyclic esters (lactones) is 2. The van der Waals surface area contributed by atoms with E-state index in [0.29, 0.717) is 35.5 Å². The molecule has 7 rings (SSSR count). The summed E-state index contributed by atoms with van der Waals surface area (Å²) in [5.74, 6) is -0.717. The highest BCUT2D eigenvalue weighted by Crippen LogP contribution is 2.57. The molecule has 1 saturated heterocycles. The summed E-state index contributed by atoms with van der Waals surface area (Å²) in [5.41, 5.74) is 7.29. The smallest absolute Gasteiger partial charge is 0.338 e. The van der Waals surface area contributed by atoms with Crippen LogP contribution in [0.15, 0.2) is 120 Å². The lowest BCUT2D eigenvalue weighted by molar-refractivity contribution is -0.148. The summed E-state index contributed by atoms with van der Waals surface area (Å²) in [4.78, 5) is 28.1. The first-order chi connectivity index (χ1) is 24.0. The number of fused-ring (bicyclic) bond motifs is 2. The molecule has 6 heteroatoms. The summed E-state index contributed by atoms with van der Waals surface area (Å²) in [6.07, 6.45) is 0.974. The molecule has 0 aliphatic carbocycles. The minimum absolute atomic E-state index is 0.0743. The zero-order valence-electron chi connectivity index (χ0n) is 29.7. The average molecular weight is 669 g/mol. The van der Waals surface area contributed by atoms with Crippen LogP contribution in [0.4, 0.5) is 0 Å². The Labute approximate surface area is 294 Å². The summed E-state index contributed by atoms with van der Waals surface area (Å²) >= 11 is 0. The first kappa shape index (κ1) is 33.4. The van der Waals surface area contributed by atoms with Crippen molar-refractivity contribution in [1.29, 1.82) is 0 Å². The molecule has 3 aliphatic rings. The second-order valence-corrected chi connectivity index (χ2v) is 14.0. The number of hydrogen-bond donors (Lipinski definition) is 0. The zero-order chi connectivity index (χ0) is 35.2. The van der Waals surface area contributed by atoms with Crippen LogP contribution in [-0.4, -0.2) is 25.2 Å². The molecule has 2 atom stereocenters. The van der Waals surface area contributed by atoms with E-state index in [-0.39, 0.29) is 13.2 Å².